The third-order valence-corrected chi connectivity index (χ3v) is 5.61. The van der Waals surface area contributed by atoms with Gasteiger partial charge < -0.3 is 0 Å². The summed E-state index contributed by atoms with van der Waals surface area (Å²) in [5.74, 6) is 0.816. The molecule has 0 fully saturated rings. The minimum atomic E-state index is 0.559. The summed E-state index contributed by atoms with van der Waals surface area (Å²) in [7, 11) is 1.91. The van der Waals surface area contributed by atoms with Crippen LogP contribution in [-0.4, -0.2) is 20.1 Å². The van der Waals surface area contributed by atoms with E-state index >= 15 is 0 Å². The van der Waals surface area contributed by atoms with Gasteiger partial charge in [-0.15, -0.1) is 16.0 Å². The van der Waals surface area contributed by atoms with Gasteiger partial charge >= 0.3 is 11.5 Å². The van der Waals surface area contributed by atoms with Crippen molar-refractivity contribution >= 4 is 43.8 Å². The number of benzene rings is 2. The van der Waals surface area contributed by atoms with Gasteiger partial charge in [-0.25, -0.2) is 9.97 Å². The lowest BCUT2D eigenvalue weighted by molar-refractivity contribution is -0.720. The number of aromatic nitrogens is 5. The van der Waals surface area contributed by atoms with Crippen LogP contribution in [0, 0.1) is 6.92 Å². The van der Waals surface area contributed by atoms with Crippen LogP contribution < -0.4 is 4.68 Å². The maximum atomic E-state index is 4.79. The summed E-state index contributed by atoms with van der Waals surface area (Å²) in [6.07, 6.45) is 0. The van der Waals surface area contributed by atoms with Crippen LogP contribution in [0.25, 0.3) is 43.1 Å². The second-order valence-electron chi connectivity index (χ2n) is 5.97. The fourth-order valence-corrected chi connectivity index (χ4v) is 4.30. The highest BCUT2D eigenvalue weighted by atomic mass is 32.1. The van der Waals surface area contributed by atoms with Crippen molar-refractivity contribution in [1.82, 2.24) is 20.1 Å². The van der Waals surface area contributed by atoms with Crippen molar-refractivity contribution < 1.29 is 4.68 Å². The third-order valence-electron chi connectivity index (χ3n) is 4.34. The first-order valence-electron chi connectivity index (χ1n) is 8.00. The average molecular weight is 344 g/mol. The molecule has 3 aromatic heterocycles. The van der Waals surface area contributed by atoms with Gasteiger partial charge in [0.15, 0.2) is 0 Å². The Morgan fingerprint density at radius 2 is 1.52 bits per heavy atom. The Hall–Kier alpha value is -2.99. The highest BCUT2D eigenvalue weighted by Crippen LogP contribution is 2.35. The normalized spacial score (nSPS) is 11.6. The molecule has 0 atom stereocenters. The molecule has 2 aromatic carbocycles. The molecule has 5 rings (SSSR count). The average Bonchev–Trinajstić information content (AvgIpc) is 2.96. The molecule has 0 aliphatic heterocycles. The summed E-state index contributed by atoms with van der Waals surface area (Å²) in [5, 5.41) is 5.86. The number of hydrogen-bond acceptors (Lipinski definition) is 5. The smallest absolute Gasteiger partial charge is 0.218 e. The predicted octanol–water partition coefficient (Wildman–Crippen LogP) is 3.59. The molecule has 0 saturated heterocycles. The SMILES string of the molecule is Cc1c(-c2nc3nc4ccccc4nc3n[n+]2C)sc2ccccc12. The molecular formula is C19H14N5S+. The number of hydrogen-bond donors (Lipinski definition) is 0. The second-order valence-corrected chi connectivity index (χ2v) is 7.02. The minimum Gasteiger partial charge on any atom is -0.218 e. The lowest BCUT2D eigenvalue weighted by atomic mass is 10.1. The fraction of sp³-hybridized carbons (Fsp3) is 0.105. The molecule has 0 aliphatic rings. The quantitative estimate of drug-likeness (QED) is 0.344. The van der Waals surface area contributed by atoms with Gasteiger partial charge in [-0.05, 0) is 41.1 Å². The fourth-order valence-electron chi connectivity index (χ4n) is 3.07. The zero-order chi connectivity index (χ0) is 17.0. The number of nitrogens with zero attached hydrogens (tertiary/aromatic N) is 5. The maximum Gasteiger partial charge on any atom is 0.363 e. The molecule has 0 amide bonds. The highest BCUT2D eigenvalue weighted by Gasteiger charge is 2.24. The third kappa shape index (κ3) is 2.18. The van der Waals surface area contributed by atoms with E-state index in [-0.39, 0.29) is 0 Å². The molecule has 120 valence electrons. The van der Waals surface area contributed by atoms with Crippen molar-refractivity contribution in [3.8, 4) is 10.7 Å². The van der Waals surface area contributed by atoms with Gasteiger partial charge in [-0.1, -0.05) is 35.4 Å². The summed E-state index contributed by atoms with van der Waals surface area (Å²) >= 11 is 1.73. The first-order chi connectivity index (χ1) is 12.2. The first-order valence-corrected chi connectivity index (χ1v) is 8.82. The Bertz CT molecular complexity index is 1280. The van der Waals surface area contributed by atoms with Gasteiger partial charge in [0.05, 0.1) is 11.0 Å². The molecule has 25 heavy (non-hydrogen) atoms. The number of aryl methyl sites for hydroxylation is 2. The molecule has 5 nitrogen and oxygen atoms in total. The molecule has 0 aliphatic carbocycles. The molecule has 3 heterocycles. The molecular weight excluding hydrogens is 330 g/mol. The molecule has 0 bridgehead atoms. The van der Waals surface area contributed by atoms with Crippen LogP contribution in [0.4, 0.5) is 0 Å². The Labute approximate surface area is 147 Å². The van der Waals surface area contributed by atoms with Crippen LogP contribution in [0.15, 0.2) is 48.5 Å². The summed E-state index contributed by atoms with van der Waals surface area (Å²) in [6.45, 7) is 2.13. The molecule has 0 radical (unpaired) electrons. The van der Waals surface area contributed by atoms with Crippen molar-refractivity contribution in [3.05, 3.63) is 54.1 Å². The molecule has 6 heteroatoms. The summed E-state index contributed by atoms with van der Waals surface area (Å²) in [4.78, 5) is 15.1. The minimum absolute atomic E-state index is 0.559. The van der Waals surface area contributed by atoms with Gasteiger partial charge in [0.2, 0.25) is 0 Å². The van der Waals surface area contributed by atoms with Gasteiger partial charge in [0.25, 0.3) is 5.65 Å². The van der Waals surface area contributed by atoms with E-state index in [9.17, 15) is 0 Å². The number of para-hydroxylation sites is 2. The number of rotatable bonds is 1. The van der Waals surface area contributed by atoms with Gasteiger partial charge in [0, 0.05) is 4.70 Å². The highest BCUT2D eigenvalue weighted by molar-refractivity contribution is 7.22. The van der Waals surface area contributed by atoms with Crippen LogP contribution in [0.1, 0.15) is 5.56 Å². The van der Waals surface area contributed by atoms with Crippen LogP contribution >= 0.6 is 11.3 Å². The summed E-state index contributed by atoms with van der Waals surface area (Å²) in [6, 6.07) is 16.2. The van der Waals surface area contributed by atoms with E-state index in [4.69, 9.17) is 4.98 Å². The molecule has 0 saturated carbocycles. The molecule has 0 unspecified atom stereocenters. The van der Waals surface area contributed by atoms with Crippen LogP contribution in [0.2, 0.25) is 0 Å². The zero-order valence-electron chi connectivity index (χ0n) is 13.8. The largest absolute Gasteiger partial charge is 0.363 e. The Kier molecular flexibility index (Phi) is 3.02. The van der Waals surface area contributed by atoms with Crippen molar-refractivity contribution in [2.45, 2.75) is 6.92 Å². The standard InChI is InChI=1S/C19H14N5S/c1-11-12-7-3-6-10-15(12)25-16(11)19-22-17-18(23-24(19)2)21-14-9-5-4-8-13(14)20-17/h3-10H,1-2H3/q+1. The molecule has 0 N–H and O–H groups in total. The van der Waals surface area contributed by atoms with Crippen LogP contribution in [0.5, 0.6) is 0 Å². The summed E-state index contributed by atoms with van der Waals surface area (Å²) in [5.41, 5.74) is 4.01. The first kappa shape index (κ1) is 14.4. The van der Waals surface area contributed by atoms with E-state index in [1.807, 2.05) is 31.3 Å². The van der Waals surface area contributed by atoms with Crippen molar-refractivity contribution in [3.63, 3.8) is 0 Å². The zero-order valence-corrected chi connectivity index (χ0v) is 14.6. The van der Waals surface area contributed by atoms with E-state index in [0.717, 1.165) is 21.7 Å². The van der Waals surface area contributed by atoms with Crippen LogP contribution in [0.3, 0.4) is 0 Å². The lowest BCUT2D eigenvalue weighted by Crippen LogP contribution is -2.37. The molecule has 5 aromatic rings. The van der Waals surface area contributed by atoms with E-state index < -0.39 is 0 Å². The predicted molar refractivity (Wildman–Crippen MR) is 99.4 cm³/mol. The van der Waals surface area contributed by atoms with Gasteiger partial charge in [-0.3, -0.25) is 0 Å². The monoisotopic (exact) mass is 344 g/mol. The Morgan fingerprint density at radius 3 is 2.28 bits per heavy atom. The molecule has 0 spiro atoms. The lowest BCUT2D eigenvalue weighted by Gasteiger charge is -2.00. The van der Waals surface area contributed by atoms with E-state index in [0.29, 0.717) is 11.3 Å². The van der Waals surface area contributed by atoms with Gasteiger partial charge in [-0.2, -0.15) is 0 Å². The van der Waals surface area contributed by atoms with Crippen LogP contribution in [-0.2, 0) is 7.05 Å². The van der Waals surface area contributed by atoms with E-state index in [1.54, 1.807) is 16.0 Å². The van der Waals surface area contributed by atoms with Crippen molar-refractivity contribution in [2.75, 3.05) is 0 Å². The Balaban J connectivity index is 1.81. The van der Waals surface area contributed by atoms with E-state index in [1.165, 1.54) is 15.6 Å². The van der Waals surface area contributed by atoms with Crippen molar-refractivity contribution in [2.24, 2.45) is 7.05 Å². The van der Waals surface area contributed by atoms with Gasteiger partial charge in [0.1, 0.15) is 11.9 Å². The second kappa shape index (κ2) is 5.26. The van der Waals surface area contributed by atoms with Crippen molar-refractivity contribution in [1.29, 1.82) is 0 Å². The maximum absolute atomic E-state index is 4.79. The Morgan fingerprint density at radius 1 is 0.840 bits per heavy atom. The van der Waals surface area contributed by atoms with E-state index in [2.05, 4.69) is 46.3 Å². The topological polar surface area (TPSA) is 55.4 Å². The number of thiophene rings is 1. The number of fused-ring (bicyclic) bond motifs is 3. The summed E-state index contributed by atoms with van der Waals surface area (Å²) < 4.78 is 3.05.